The minimum absolute atomic E-state index is 0.117. The van der Waals surface area contributed by atoms with Gasteiger partial charge in [0.1, 0.15) is 11.6 Å². The Morgan fingerprint density at radius 1 is 1.30 bits per heavy atom. The van der Waals surface area contributed by atoms with Gasteiger partial charge in [-0.05, 0) is 59.3 Å². The average Bonchev–Trinajstić information content (AvgIpc) is 3.28. The average molecular weight is 326 g/mol. The Morgan fingerprint density at radius 2 is 2.00 bits per heavy atom. The van der Waals surface area contributed by atoms with Gasteiger partial charge in [-0.3, -0.25) is 9.69 Å². The number of hydrogen-bond donors (Lipinski definition) is 1. The summed E-state index contributed by atoms with van der Waals surface area (Å²) in [6.45, 7) is 9.41. The smallest absolute Gasteiger partial charge is 0.411 e. The molecule has 0 unspecified atom stereocenters. The predicted octanol–water partition coefficient (Wildman–Crippen LogP) is 2.32. The highest BCUT2D eigenvalue weighted by Crippen LogP contribution is 2.30. The molecular weight excluding hydrogens is 296 g/mol. The quantitative estimate of drug-likeness (QED) is 0.842. The van der Waals surface area contributed by atoms with E-state index in [2.05, 4.69) is 5.32 Å². The lowest BCUT2D eigenvalue weighted by atomic mass is 10.0. The van der Waals surface area contributed by atoms with E-state index >= 15 is 0 Å². The molecule has 0 aromatic carbocycles. The van der Waals surface area contributed by atoms with Crippen LogP contribution in [0.2, 0.25) is 0 Å². The molecule has 2 aliphatic rings. The Labute approximate surface area is 138 Å². The fourth-order valence-electron chi connectivity index (χ4n) is 2.78. The maximum atomic E-state index is 12.4. The normalized spacial score (nSPS) is 23.0. The van der Waals surface area contributed by atoms with Crippen molar-refractivity contribution < 1.29 is 19.1 Å². The van der Waals surface area contributed by atoms with E-state index in [4.69, 9.17) is 9.47 Å². The molecule has 0 spiro atoms. The molecule has 0 aromatic heterocycles. The van der Waals surface area contributed by atoms with Crippen LogP contribution in [0.25, 0.3) is 0 Å². The van der Waals surface area contributed by atoms with Crippen LogP contribution in [0.15, 0.2) is 0 Å². The molecule has 1 heterocycles. The summed E-state index contributed by atoms with van der Waals surface area (Å²) in [5.74, 6) is 0.254. The number of ether oxygens (including phenoxy) is 2. The lowest BCUT2D eigenvalue weighted by Crippen LogP contribution is -2.51. The second kappa shape index (κ2) is 7.51. The number of nitrogens with one attached hydrogen (secondary N) is 1. The van der Waals surface area contributed by atoms with E-state index in [0.717, 1.165) is 32.3 Å². The Hall–Kier alpha value is -1.30. The van der Waals surface area contributed by atoms with E-state index in [9.17, 15) is 9.59 Å². The van der Waals surface area contributed by atoms with Crippen LogP contribution in [0.3, 0.4) is 0 Å². The van der Waals surface area contributed by atoms with Crippen LogP contribution in [0, 0.1) is 5.92 Å². The lowest BCUT2D eigenvalue weighted by molar-refractivity contribution is -0.126. The summed E-state index contributed by atoms with van der Waals surface area (Å²) >= 11 is 0. The highest BCUT2D eigenvalue weighted by atomic mass is 16.6. The minimum atomic E-state index is -0.556. The van der Waals surface area contributed by atoms with E-state index < -0.39 is 17.7 Å². The van der Waals surface area contributed by atoms with Gasteiger partial charge in [0.25, 0.3) is 0 Å². The van der Waals surface area contributed by atoms with Gasteiger partial charge in [-0.15, -0.1) is 0 Å². The summed E-state index contributed by atoms with van der Waals surface area (Å²) in [5, 5.41) is 2.96. The molecule has 23 heavy (non-hydrogen) atoms. The monoisotopic (exact) mass is 326 g/mol. The Bertz CT molecular complexity index is 423. The molecule has 0 aromatic rings. The topological polar surface area (TPSA) is 67.9 Å². The van der Waals surface area contributed by atoms with E-state index in [1.807, 2.05) is 20.8 Å². The molecule has 132 valence electrons. The predicted molar refractivity (Wildman–Crippen MR) is 87.1 cm³/mol. The van der Waals surface area contributed by atoms with Crippen LogP contribution in [0.1, 0.15) is 53.4 Å². The van der Waals surface area contributed by atoms with Gasteiger partial charge in [0.2, 0.25) is 5.91 Å². The molecule has 1 N–H and O–H groups in total. The zero-order chi connectivity index (χ0) is 17.0. The number of carbonyl (C=O) groups excluding carboxylic acids is 2. The highest BCUT2D eigenvalue weighted by Gasteiger charge is 2.40. The van der Waals surface area contributed by atoms with E-state index in [0.29, 0.717) is 19.1 Å². The molecule has 1 saturated heterocycles. The van der Waals surface area contributed by atoms with Crippen LogP contribution in [0.4, 0.5) is 4.79 Å². The summed E-state index contributed by atoms with van der Waals surface area (Å²) in [4.78, 5) is 26.4. The zero-order valence-corrected chi connectivity index (χ0v) is 14.8. The first kappa shape index (κ1) is 18.0. The molecule has 0 radical (unpaired) electrons. The molecule has 1 aliphatic heterocycles. The number of carbonyl (C=O) groups is 2. The van der Waals surface area contributed by atoms with Gasteiger partial charge in [0, 0.05) is 19.2 Å². The summed E-state index contributed by atoms with van der Waals surface area (Å²) < 4.78 is 10.9. The summed E-state index contributed by atoms with van der Waals surface area (Å²) in [7, 11) is 0. The van der Waals surface area contributed by atoms with Gasteiger partial charge >= 0.3 is 6.09 Å². The van der Waals surface area contributed by atoms with Crippen molar-refractivity contribution in [1.82, 2.24) is 10.2 Å². The third kappa shape index (κ3) is 5.68. The van der Waals surface area contributed by atoms with Crippen LogP contribution < -0.4 is 5.32 Å². The SMILES string of the molecule is C[C@@H](C(=O)NC[C@H]1CCCOC1)N(C(=O)OC(C)(C)C)C1CC1. The molecule has 0 bridgehead atoms. The first-order valence-electron chi connectivity index (χ1n) is 8.64. The first-order valence-corrected chi connectivity index (χ1v) is 8.64. The van der Waals surface area contributed by atoms with E-state index in [-0.39, 0.29) is 11.9 Å². The summed E-state index contributed by atoms with van der Waals surface area (Å²) in [6.07, 6.45) is 3.60. The number of rotatable bonds is 5. The third-order valence-corrected chi connectivity index (χ3v) is 4.16. The standard InChI is InChI=1S/C17H30N2O4/c1-12(15(20)18-10-13-6-5-9-22-11-13)19(14-7-8-14)16(21)23-17(2,3)4/h12-14H,5-11H2,1-4H3,(H,18,20)/t12-,13+/m0/s1. The van der Waals surface area contributed by atoms with Gasteiger partial charge in [0.15, 0.2) is 0 Å². The molecule has 2 atom stereocenters. The molecule has 6 nitrogen and oxygen atoms in total. The maximum absolute atomic E-state index is 12.4. The van der Waals surface area contributed by atoms with Crippen molar-refractivity contribution in [3.05, 3.63) is 0 Å². The fourth-order valence-corrected chi connectivity index (χ4v) is 2.78. The summed E-state index contributed by atoms with van der Waals surface area (Å²) in [5.41, 5.74) is -0.556. The van der Waals surface area contributed by atoms with Crippen molar-refractivity contribution in [3.8, 4) is 0 Å². The number of hydrogen-bond acceptors (Lipinski definition) is 4. The Kier molecular flexibility index (Phi) is 5.89. The Morgan fingerprint density at radius 3 is 2.52 bits per heavy atom. The number of nitrogens with zero attached hydrogens (tertiary/aromatic N) is 1. The first-order chi connectivity index (χ1) is 10.8. The summed E-state index contributed by atoms with van der Waals surface area (Å²) in [6, 6.07) is -0.384. The van der Waals surface area contributed by atoms with Crippen molar-refractivity contribution in [2.75, 3.05) is 19.8 Å². The highest BCUT2D eigenvalue weighted by molar-refractivity contribution is 5.85. The molecule has 2 amide bonds. The van der Waals surface area contributed by atoms with Crippen molar-refractivity contribution in [2.24, 2.45) is 5.92 Å². The Balaban J connectivity index is 1.87. The maximum Gasteiger partial charge on any atom is 0.411 e. The van der Waals surface area contributed by atoms with Crippen LogP contribution >= 0.6 is 0 Å². The molecule has 2 fully saturated rings. The molecule has 1 aliphatic carbocycles. The molecular formula is C17H30N2O4. The van der Waals surface area contributed by atoms with E-state index in [1.165, 1.54) is 0 Å². The third-order valence-electron chi connectivity index (χ3n) is 4.16. The number of amides is 2. The van der Waals surface area contributed by atoms with Crippen molar-refractivity contribution in [1.29, 1.82) is 0 Å². The second-order valence-electron chi connectivity index (χ2n) is 7.62. The largest absolute Gasteiger partial charge is 0.444 e. The van der Waals surface area contributed by atoms with E-state index in [1.54, 1.807) is 11.8 Å². The molecule has 6 heteroatoms. The zero-order valence-electron chi connectivity index (χ0n) is 14.8. The van der Waals surface area contributed by atoms with Crippen molar-refractivity contribution in [3.63, 3.8) is 0 Å². The van der Waals surface area contributed by atoms with Crippen LogP contribution in [-0.4, -0.2) is 54.3 Å². The molecule has 1 saturated carbocycles. The van der Waals surface area contributed by atoms with Crippen molar-refractivity contribution >= 4 is 12.0 Å². The fraction of sp³-hybridized carbons (Fsp3) is 0.882. The molecule has 2 rings (SSSR count). The second-order valence-corrected chi connectivity index (χ2v) is 7.62. The van der Waals surface area contributed by atoms with Crippen LogP contribution in [0.5, 0.6) is 0 Å². The van der Waals surface area contributed by atoms with Gasteiger partial charge in [-0.25, -0.2) is 4.79 Å². The van der Waals surface area contributed by atoms with Gasteiger partial charge in [0.05, 0.1) is 6.61 Å². The van der Waals surface area contributed by atoms with Crippen molar-refractivity contribution in [2.45, 2.75) is 71.1 Å². The van der Waals surface area contributed by atoms with Gasteiger partial charge in [-0.2, -0.15) is 0 Å². The lowest BCUT2D eigenvalue weighted by Gasteiger charge is -2.31. The minimum Gasteiger partial charge on any atom is -0.444 e. The van der Waals surface area contributed by atoms with Crippen LogP contribution in [-0.2, 0) is 14.3 Å². The van der Waals surface area contributed by atoms with Gasteiger partial charge < -0.3 is 14.8 Å². The van der Waals surface area contributed by atoms with Gasteiger partial charge in [-0.1, -0.05) is 0 Å².